The van der Waals surface area contributed by atoms with Gasteiger partial charge in [-0.05, 0) is 35.9 Å². The van der Waals surface area contributed by atoms with Gasteiger partial charge in [-0.1, -0.05) is 30.3 Å². The van der Waals surface area contributed by atoms with E-state index in [9.17, 15) is 0 Å². The van der Waals surface area contributed by atoms with Crippen LogP contribution in [0.5, 0.6) is 0 Å². The molecule has 0 radical (unpaired) electrons. The first kappa shape index (κ1) is 13.7. The minimum absolute atomic E-state index is 0.210. The number of aromatic nitrogens is 5. The van der Waals surface area contributed by atoms with Crippen molar-refractivity contribution >= 4 is 45.8 Å². The highest BCUT2D eigenvalue weighted by Crippen LogP contribution is 2.22. The van der Waals surface area contributed by atoms with Crippen molar-refractivity contribution in [2.45, 2.75) is 0 Å². The number of para-hydroxylation sites is 3. The van der Waals surface area contributed by atoms with Crippen LogP contribution in [0.25, 0.3) is 39.9 Å². The SMILES string of the molecule is Nc1nc(/C=C/c2c[nH]c3ccccc23)n2c(n1)nc1ccccc12. The van der Waals surface area contributed by atoms with Crippen LogP contribution in [-0.4, -0.2) is 24.3 Å². The van der Waals surface area contributed by atoms with E-state index in [1.54, 1.807) is 0 Å². The minimum Gasteiger partial charge on any atom is -0.368 e. The third kappa shape index (κ3) is 2.15. The summed E-state index contributed by atoms with van der Waals surface area (Å²) in [7, 11) is 0. The van der Waals surface area contributed by atoms with E-state index >= 15 is 0 Å². The first-order chi connectivity index (χ1) is 12.3. The zero-order valence-corrected chi connectivity index (χ0v) is 13.2. The van der Waals surface area contributed by atoms with Gasteiger partial charge in [0.25, 0.3) is 0 Å². The second-order valence-electron chi connectivity index (χ2n) is 5.80. The summed E-state index contributed by atoms with van der Waals surface area (Å²) in [4.78, 5) is 16.4. The number of imidazole rings is 1. The van der Waals surface area contributed by atoms with Crippen LogP contribution in [0.3, 0.4) is 0 Å². The maximum Gasteiger partial charge on any atom is 0.239 e. The van der Waals surface area contributed by atoms with Crippen molar-refractivity contribution in [2.75, 3.05) is 5.73 Å². The summed E-state index contributed by atoms with van der Waals surface area (Å²) in [5.74, 6) is 1.45. The third-order valence-corrected chi connectivity index (χ3v) is 4.25. The molecule has 2 aromatic carbocycles. The van der Waals surface area contributed by atoms with E-state index in [1.807, 2.05) is 59.1 Å². The molecule has 3 N–H and O–H groups in total. The van der Waals surface area contributed by atoms with Crippen LogP contribution in [0, 0.1) is 0 Å². The predicted molar refractivity (Wildman–Crippen MR) is 99.9 cm³/mol. The number of aromatic amines is 1. The average molecular weight is 326 g/mol. The summed E-state index contributed by atoms with van der Waals surface area (Å²) in [6.45, 7) is 0. The quantitative estimate of drug-likeness (QED) is 0.520. The van der Waals surface area contributed by atoms with Crippen LogP contribution in [0.4, 0.5) is 5.95 Å². The molecule has 0 spiro atoms. The largest absolute Gasteiger partial charge is 0.368 e. The lowest BCUT2D eigenvalue weighted by Gasteiger charge is -2.02. The number of nitrogens with two attached hydrogens (primary N) is 1. The second kappa shape index (κ2) is 5.17. The van der Waals surface area contributed by atoms with E-state index in [2.05, 4.69) is 32.1 Å². The standard InChI is InChI=1S/C19H14N6/c20-18-23-17(10-9-12-11-21-14-6-2-1-5-13(12)14)25-16-8-4-3-7-15(16)22-19(25)24-18/h1-11,21H,(H2,20,22,24)/b10-9+. The molecule has 0 atom stereocenters. The fraction of sp³-hybridized carbons (Fsp3) is 0. The van der Waals surface area contributed by atoms with Crippen LogP contribution in [0.2, 0.25) is 0 Å². The van der Waals surface area contributed by atoms with E-state index in [1.165, 1.54) is 0 Å². The Morgan fingerprint density at radius 3 is 2.72 bits per heavy atom. The smallest absolute Gasteiger partial charge is 0.239 e. The first-order valence-electron chi connectivity index (χ1n) is 7.94. The Labute approximate surface area is 142 Å². The Hall–Kier alpha value is -3.67. The van der Waals surface area contributed by atoms with Crippen LogP contribution in [0.15, 0.2) is 54.7 Å². The normalized spacial score (nSPS) is 12.0. The molecule has 0 saturated carbocycles. The van der Waals surface area contributed by atoms with Crippen molar-refractivity contribution in [1.82, 2.24) is 24.3 Å². The van der Waals surface area contributed by atoms with Gasteiger partial charge in [0.05, 0.1) is 11.0 Å². The molecule has 5 rings (SSSR count). The van der Waals surface area contributed by atoms with Crippen molar-refractivity contribution in [1.29, 1.82) is 0 Å². The number of anilines is 1. The van der Waals surface area contributed by atoms with Crippen molar-refractivity contribution in [3.05, 3.63) is 66.1 Å². The number of nitrogen functional groups attached to an aromatic ring is 1. The van der Waals surface area contributed by atoms with Gasteiger partial charge in [0.15, 0.2) is 0 Å². The zero-order valence-electron chi connectivity index (χ0n) is 13.2. The number of benzene rings is 2. The summed E-state index contributed by atoms with van der Waals surface area (Å²) in [5, 5.41) is 1.16. The maximum absolute atomic E-state index is 5.87. The van der Waals surface area contributed by atoms with Gasteiger partial charge in [0.2, 0.25) is 11.7 Å². The highest BCUT2D eigenvalue weighted by Gasteiger charge is 2.10. The Bertz CT molecular complexity index is 1260. The van der Waals surface area contributed by atoms with Gasteiger partial charge in [0.1, 0.15) is 5.82 Å². The molecular weight excluding hydrogens is 312 g/mol. The zero-order chi connectivity index (χ0) is 16.8. The van der Waals surface area contributed by atoms with Crippen LogP contribution in [-0.2, 0) is 0 Å². The molecule has 0 bridgehead atoms. The second-order valence-corrected chi connectivity index (χ2v) is 5.80. The fourth-order valence-corrected chi connectivity index (χ4v) is 3.12. The molecule has 0 aliphatic carbocycles. The molecule has 0 aliphatic heterocycles. The Kier molecular flexibility index (Phi) is 2.84. The molecule has 0 aliphatic rings. The van der Waals surface area contributed by atoms with Crippen LogP contribution >= 0.6 is 0 Å². The summed E-state index contributed by atoms with van der Waals surface area (Å²) >= 11 is 0. The fourth-order valence-electron chi connectivity index (χ4n) is 3.12. The van der Waals surface area contributed by atoms with Crippen LogP contribution < -0.4 is 5.73 Å². The maximum atomic E-state index is 5.87. The highest BCUT2D eigenvalue weighted by atomic mass is 15.2. The van der Waals surface area contributed by atoms with E-state index < -0.39 is 0 Å². The molecule has 0 amide bonds. The molecular formula is C19H14N6. The number of rotatable bonds is 2. The lowest BCUT2D eigenvalue weighted by Crippen LogP contribution is -2.03. The molecule has 6 nitrogen and oxygen atoms in total. The van der Waals surface area contributed by atoms with Gasteiger partial charge in [-0.2, -0.15) is 9.97 Å². The third-order valence-electron chi connectivity index (χ3n) is 4.25. The molecule has 0 saturated heterocycles. The van der Waals surface area contributed by atoms with Gasteiger partial charge >= 0.3 is 0 Å². The van der Waals surface area contributed by atoms with Gasteiger partial charge in [-0.15, -0.1) is 0 Å². The lowest BCUT2D eigenvalue weighted by molar-refractivity contribution is 1.02. The first-order valence-corrected chi connectivity index (χ1v) is 7.94. The highest BCUT2D eigenvalue weighted by molar-refractivity contribution is 5.91. The summed E-state index contributed by atoms with van der Waals surface area (Å²) in [6, 6.07) is 16.0. The van der Waals surface area contributed by atoms with E-state index in [0.29, 0.717) is 11.6 Å². The van der Waals surface area contributed by atoms with Crippen molar-refractivity contribution < 1.29 is 0 Å². The van der Waals surface area contributed by atoms with Crippen molar-refractivity contribution in [3.63, 3.8) is 0 Å². The molecule has 120 valence electrons. The van der Waals surface area contributed by atoms with E-state index in [0.717, 1.165) is 27.5 Å². The van der Waals surface area contributed by atoms with E-state index in [-0.39, 0.29) is 5.95 Å². The summed E-state index contributed by atoms with van der Waals surface area (Å²) < 4.78 is 1.91. The molecule has 0 fully saturated rings. The van der Waals surface area contributed by atoms with Gasteiger partial charge < -0.3 is 10.7 Å². The Balaban J connectivity index is 1.72. The van der Waals surface area contributed by atoms with Gasteiger partial charge in [-0.25, -0.2) is 4.98 Å². The summed E-state index contributed by atoms with van der Waals surface area (Å²) in [6.07, 6.45) is 5.94. The lowest BCUT2D eigenvalue weighted by atomic mass is 10.1. The monoisotopic (exact) mass is 326 g/mol. The molecule has 3 aromatic heterocycles. The van der Waals surface area contributed by atoms with Gasteiger partial charge in [-0.3, -0.25) is 4.40 Å². The molecule has 0 unspecified atom stereocenters. The number of nitrogens with zero attached hydrogens (tertiary/aromatic N) is 4. The Morgan fingerprint density at radius 1 is 0.920 bits per heavy atom. The average Bonchev–Trinajstić information content (AvgIpc) is 3.20. The summed E-state index contributed by atoms with van der Waals surface area (Å²) in [5.41, 5.74) is 9.88. The molecule has 3 heterocycles. The van der Waals surface area contributed by atoms with E-state index in [4.69, 9.17) is 5.73 Å². The number of hydrogen-bond donors (Lipinski definition) is 2. The molecule has 5 aromatic rings. The van der Waals surface area contributed by atoms with Gasteiger partial charge in [0, 0.05) is 17.1 Å². The number of H-pyrrole nitrogens is 1. The van der Waals surface area contributed by atoms with Crippen molar-refractivity contribution in [2.24, 2.45) is 0 Å². The number of nitrogens with one attached hydrogen (secondary N) is 1. The number of fused-ring (bicyclic) bond motifs is 4. The molecule has 25 heavy (non-hydrogen) atoms. The minimum atomic E-state index is 0.210. The van der Waals surface area contributed by atoms with Crippen molar-refractivity contribution in [3.8, 4) is 0 Å². The van der Waals surface area contributed by atoms with Crippen LogP contribution in [0.1, 0.15) is 11.4 Å². The number of hydrogen-bond acceptors (Lipinski definition) is 4. The predicted octanol–water partition coefficient (Wildman–Crippen LogP) is 3.51. The Morgan fingerprint density at radius 2 is 1.76 bits per heavy atom. The molecule has 6 heteroatoms. The topological polar surface area (TPSA) is 84.9 Å².